The van der Waals surface area contributed by atoms with Gasteiger partial charge in [0.25, 0.3) is 0 Å². The van der Waals surface area contributed by atoms with Crippen molar-refractivity contribution in [3.63, 3.8) is 0 Å². The highest BCUT2D eigenvalue weighted by molar-refractivity contribution is 5.67. The quantitative estimate of drug-likeness (QED) is 0.815. The molecule has 122 valence electrons. The van der Waals surface area contributed by atoms with Crippen LogP contribution >= 0.6 is 0 Å². The van der Waals surface area contributed by atoms with Crippen LogP contribution in [0.2, 0.25) is 0 Å². The van der Waals surface area contributed by atoms with Crippen molar-refractivity contribution >= 4 is 6.09 Å². The number of fused-ring (bicyclic) bond motifs is 3. The Labute approximate surface area is 128 Å². The van der Waals surface area contributed by atoms with Crippen LogP contribution in [0.5, 0.6) is 0 Å². The van der Waals surface area contributed by atoms with Gasteiger partial charge < -0.3 is 20.3 Å². The third kappa shape index (κ3) is 5.47. The molecule has 5 heteroatoms. The van der Waals surface area contributed by atoms with Gasteiger partial charge in [-0.1, -0.05) is 0 Å². The summed E-state index contributed by atoms with van der Waals surface area (Å²) in [6, 6.07) is 0.773. The largest absolute Gasteiger partial charge is 0.444 e. The maximum absolute atomic E-state index is 11.7. The van der Waals surface area contributed by atoms with Crippen molar-refractivity contribution in [3.8, 4) is 0 Å². The second kappa shape index (κ2) is 6.97. The van der Waals surface area contributed by atoms with E-state index in [1.807, 2.05) is 27.7 Å². The summed E-state index contributed by atoms with van der Waals surface area (Å²) in [4.78, 5) is 14.2. The van der Waals surface area contributed by atoms with Crippen molar-refractivity contribution in [2.24, 2.45) is 5.92 Å². The van der Waals surface area contributed by atoms with Crippen LogP contribution in [-0.4, -0.2) is 54.9 Å². The first-order valence-electron chi connectivity index (χ1n) is 8.29. The van der Waals surface area contributed by atoms with Crippen molar-refractivity contribution in [2.45, 2.75) is 64.6 Å². The highest BCUT2D eigenvalue weighted by Gasteiger charge is 2.33. The minimum Gasteiger partial charge on any atom is -0.444 e. The fraction of sp³-hybridized carbons (Fsp3) is 0.938. The molecule has 5 nitrogen and oxygen atoms in total. The van der Waals surface area contributed by atoms with Gasteiger partial charge >= 0.3 is 6.09 Å². The fourth-order valence-electron chi connectivity index (χ4n) is 3.26. The van der Waals surface area contributed by atoms with Gasteiger partial charge in [0.15, 0.2) is 0 Å². The number of nitrogens with zero attached hydrogens (tertiary/aromatic N) is 1. The molecule has 0 aromatic rings. The number of piperidine rings is 3. The van der Waals surface area contributed by atoms with Gasteiger partial charge in [-0.25, -0.2) is 4.79 Å². The van der Waals surface area contributed by atoms with Crippen LogP contribution in [0.3, 0.4) is 0 Å². The number of hydrogen-bond donors (Lipinski definition) is 2. The third-order valence-electron chi connectivity index (χ3n) is 4.40. The number of hydrogen-bond acceptors (Lipinski definition) is 4. The molecule has 3 rings (SSSR count). The number of ether oxygens (including phenoxy) is 1. The van der Waals surface area contributed by atoms with E-state index in [-0.39, 0.29) is 12.1 Å². The summed E-state index contributed by atoms with van der Waals surface area (Å²) in [5.41, 5.74) is -0.433. The summed E-state index contributed by atoms with van der Waals surface area (Å²) in [7, 11) is 0. The van der Waals surface area contributed by atoms with E-state index in [1.165, 1.54) is 32.5 Å². The first kappa shape index (κ1) is 16.6. The third-order valence-corrected chi connectivity index (χ3v) is 4.40. The fourth-order valence-corrected chi connectivity index (χ4v) is 3.26. The minimum absolute atomic E-state index is 0.133. The number of carbonyl (C=O) groups excluding carboxylic acids is 1. The molecule has 0 aromatic heterocycles. The Morgan fingerprint density at radius 3 is 2.52 bits per heavy atom. The van der Waals surface area contributed by atoms with Crippen LogP contribution in [0.25, 0.3) is 0 Å². The van der Waals surface area contributed by atoms with E-state index < -0.39 is 5.60 Å². The summed E-state index contributed by atoms with van der Waals surface area (Å²) in [5.74, 6) is 0.851. The maximum Gasteiger partial charge on any atom is 0.407 e. The van der Waals surface area contributed by atoms with Gasteiger partial charge in [-0.2, -0.15) is 0 Å². The second-order valence-electron chi connectivity index (χ2n) is 7.53. The van der Waals surface area contributed by atoms with E-state index in [0.717, 1.165) is 18.9 Å². The first-order chi connectivity index (χ1) is 9.83. The number of carbonyl (C=O) groups is 1. The van der Waals surface area contributed by atoms with E-state index in [1.54, 1.807) is 0 Å². The van der Waals surface area contributed by atoms with Crippen LogP contribution in [0.15, 0.2) is 0 Å². The predicted octanol–water partition coefficient (Wildman–Crippen LogP) is 1.97. The lowest BCUT2D eigenvalue weighted by atomic mass is 9.84. The summed E-state index contributed by atoms with van der Waals surface area (Å²) in [6.45, 7) is 12.4. The van der Waals surface area contributed by atoms with Crippen molar-refractivity contribution < 1.29 is 9.53 Å². The molecule has 0 spiro atoms. The van der Waals surface area contributed by atoms with Gasteiger partial charge in [0.05, 0.1) is 0 Å². The van der Waals surface area contributed by atoms with Gasteiger partial charge in [0.1, 0.15) is 5.60 Å². The van der Waals surface area contributed by atoms with Gasteiger partial charge in [-0.15, -0.1) is 0 Å². The molecule has 3 fully saturated rings. The van der Waals surface area contributed by atoms with Crippen LogP contribution in [0.1, 0.15) is 47.0 Å². The van der Waals surface area contributed by atoms with Crippen molar-refractivity contribution in [1.82, 2.24) is 15.5 Å². The summed E-state index contributed by atoms with van der Waals surface area (Å²) in [5, 5.41) is 6.57. The first-order valence-corrected chi connectivity index (χ1v) is 8.29. The Bertz CT molecular complexity index is 346. The number of rotatable bonds is 5. The van der Waals surface area contributed by atoms with Crippen LogP contribution in [0.4, 0.5) is 4.79 Å². The Morgan fingerprint density at radius 1 is 1.33 bits per heavy atom. The lowest BCUT2D eigenvalue weighted by Gasteiger charge is -2.45. The van der Waals surface area contributed by atoms with Crippen LogP contribution in [-0.2, 0) is 4.74 Å². The monoisotopic (exact) mass is 297 g/mol. The van der Waals surface area contributed by atoms with Gasteiger partial charge in [-0.05, 0) is 72.5 Å². The van der Waals surface area contributed by atoms with Crippen LogP contribution in [0, 0.1) is 5.92 Å². The maximum atomic E-state index is 11.7. The molecule has 0 radical (unpaired) electrons. The Morgan fingerprint density at radius 2 is 2.00 bits per heavy atom. The highest BCUT2D eigenvalue weighted by Crippen LogP contribution is 2.27. The standard InChI is InChI=1S/C16H31N3O2/c1-12(18-15(20)21-16(2,3)4)5-8-17-14-11-19-9-6-13(14)7-10-19/h12-14,17H,5-11H2,1-4H3,(H,18,20). The molecule has 2 N–H and O–H groups in total. The summed E-state index contributed by atoms with van der Waals surface area (Å²) >= 11 is 0. The molecule has 2 bridgehead atoms. The Hall–Kier alpha value is -0.810. The predicted molar refractivity (Wildman–Crippen MR) is 84.4 cm³/mol. The molecule has 3 saturated heterocycles. The molecule has 0 aromatic carbocycles. The molecule has 2 atom stereocenters. The minimum atomic E-state index is -0.433. The van der Waals surface area contributed by atoms with E-state index in [0.29, 0.717) is 6.04 Å². The van der Waals surface area contributed by atoms with Crippen molar-refractivity contribution in [2.75, 3.05) is 26.2 Å². The van der Waals surface area contributed by atoms with E-state index in [2.05, 4.69) is 15.5 Å². The van der Waals surface area contributed by atoms with Gasteiger partial charge in [0.2, 0.25) is 0 Å². The molecular formula is C16H31N3O2. The lowest BCUT2D eigenvalue weighted by Crippen LogP contribution is -2.56. The molecule has 3 aliphatic rings. The van der Waals surface area contributed by atoms with E-state index in [4.69, 9.17) is 4.74 Å². The second-order valence-corrected chi connectivity index (χ2v) is 7.53. The zero-order valence-corrected chi connectivity index (χ0v) is 13.9. The zero-order valence-electron chi connectivity index (χ0n) is 13.9. The number of nitrogens with one attached hydrogen (secondary N) is 2. The molecule has 3 aliphatic heterocycles. The molecule has 0 aliphatic carbocycles. The normalized spacial score (nSPS) is 30.0. The topological polar surface area (TPSA) is 53.6 Å². The summed E-state index contributed by atoms with van der Waals surface area (Å²) < 4.78 is 5.27. The highest BCUT2D eigenvalue weighted by atomic mass is 16.6. The smallest absolute Gasteiger partial charge is 0.407 e. The van der Waals surface area contributed by atoms with E-state index >= 15 is 0 Å². The molecule has 1 amide bonds. The number of amides is 1. The summed E-state index contributed by atoms with van der Waals surface area (Å²) in [6.07, 6.45) is 3.28. The molecule has 3 heterocycles. The Kier molecular flexibility index (Phi) is 5.49. The van der Waals surface area contributed by atoms with E-state index in [9.17, 15) is 4.79 Å². The van der Waals surface area contributed by atoms with Gasteiger partial charge in [-0.3, -0.25) is 0 Å². The van der Waals surface area contributed by atoms with Crippen LogP contribution < -0.4 is 10.6 Å². The number of alkyl carbamates (subject to hydrolysis) is 1. The SMILES string of the molecule is CC(CCNC1CN2CCC1CC2)NC(=O)OC(C)(C)C. The molecular weight excluding hydrogens is 266 g/mol. The van der Waals surface area contributed by atoms with Crippen molar-refractivity contribution in [1.29, 1.82) is 0 Å². The molecule has 2 unspecified atom stereocenters. The Balaban J connectivity index is 1.61. The molecule has 0 saturated carbocycles. The average molecular weight is 297 g/mol. The van der Waals surface area contributed by atoms with Crippen molar-refractivity contribution in [3.05, 3.63) is 0 Å². The lowest BCUT2D eigenvalue weighted by molar-refractivity contribution is 0.0503. The van der Waals surface area contributed by atoms with Gasteiger partial charge in [0, 0.05) is 18.6 Å². The average Bonchev–Trinajstić information content (AvgIpc) is 2.37. The zero-order chi connectivity index (χ0) is 15.5. The molecule has 21 heavy (non-hydrogen) atoms.